The lowest BCUT2D eigenvalue weighted by Gasteiger charge is -2.12. The van der Waals surface area contributed by atoms with Gasteiger partial charge in [-0.15, -0.1) is 0 Å². The van der Waals surface area contributed by atoms with Gasteiger partial charge in [-0.25, -0.2) is 8.42 Å². The molecule has 2 rings (SSSR count). The van der Waals surface area contributed by atoms with Crippen LogP contribution < -0.4 is 10.0 Å². The zero-order valence-corrected chi connectivity index (χ0v) is 13.5. The predicted octanol–water partition coefficient (Wildman–Crippen LogP) is 2.93. The number of rotatable bonds is 4. The topological polar surface area (TPSA) is 75.3 Å². The smallest absolute Gasteiger partial charge is 0.255 e. The summed E-state index contributed by atoms with van der Waals surface area (Å²) < 4.78 is 25.1. The third-order valence-electron chi connectivity index (χ3n) is 3.24. The fourth-order valence-corrected chi connectivity index (χ4v) is 2.54. The number of hydrogen-bond donors (Lipinski definition) is 2. The van der Waals surface area contributed by atoms with Crippen LogP contribution in [-0.4, -0.2) is 20.6 Å². The van der Waals surface area contributed by atoms with Crippen molar-refractivity contribution < 1.29 is 13.2 Å². The summed E-state index contributed by atoms with van der Waals surface area (Å²) in [6.45, 7) is 3.91. The van der Waals surface area contributed by atoms with Crippen LogP contribution in [0.15, 0.2) is 42.5 Å². The summed E-state index contributed by atoms with van der Waals surface area (Å²) >= 11 is 0. The summed E-state index contributed by atoms with van der Waals surface area (Å²) in [5.74, 6) is -0.286. The molecule has 0 aromatic heterocycles. The van der Waals surface area contributed by atoms with Crippen molar-refractivity contribution >= 4 is 27.3 Å². The second-order valence-corrected chi connectivity index (χ2v) is 6.92. The lowest BCUT2D eigenvalue weighted by molar-refractivity contribution is 0.102. The molecule has 5 nitrogen and oxygen atoms in total. The van der Waals surface area contributed by atoms with Crippen LogP contribution in [-0.2, 0) is 10.0 Å². The molecule has 2 N–H and O–H groups in total. The summed E-state index contributed by atoms with van der Waals surface area (Å²) in [7, 11) is -3.41. The number of sulfonamides is 1. The fourth-order valence-electron chi connectivity index (χ4n) is 1.96. The van der Waals surface area contributed by atoms with E-state index in [4.69, 9.17) is 0 Å². The van der Waals surface area contributed by atoms with Gasteiger partial charge >= 0.3 is 0 Å². The van der Waals surface area contributed by atoms with Gasteiger partial charge in [0.1, 0.15) is 0 Å². The first-order valence-electron chi connectivity index (χ1n) is 6.72. The van der Waals surface area contributed by atoms with E-state index in [0.717, 1.165) is 17.4 Å². The Labute approximate surface area is 130 Å². The highest BCUT2D eigenvalue weighted by Gasteiger charge is 2.11. The van der Waals surface area contributed by atoms with Crippen LogP contribution in [0.25, 0.3) is 0 Å². The minimum atomic E-state index is -3.41. The standard InChI is InChI=1S/C16H18N2O3S/c1-11-8-9-13(10-12(11)2)16(19)17-14-6-4-5-7-15(14)18-22(3,20)21/h4-10,18H,1-3H3,(H,17,19). The van der Waals surface area contributed by atoms with Gasteiger partial charge < -0.3 is 5.32 Å². The molecule has 6 heteroatoms. The van der Waals surface area contributed by atoms with E-state index in [1.54, 1.807) is 36.4 Å². The lowest BCUT2D eigenvalue weighted by Crippen LogP contribution is -2.16. The van der Waals surface area contributed by atoms with Crippen LogP contribution >= 0.6 is 0 Å². The predicted molar refractivity (Wildman–Crippen MR) is 88.8 cm³/mol. The highest BCUT2D eigenvalue weighted by Crippen LogP contribution is 2.23. The van der Waals surface area contributed by atoms with Crippen LogP contribution in [0.1, 0.15) is 21.5 Å². The lowest BCUT2D eigenvalue weighted by atomic mass is 10.1. The molecular formula is C16H18N2O3S. The monoisotopic (exact) mass is 318 g/mol. The van der Waals surface area contributed by atoms with Crippen molar-refractivity contribution in [3.05, 3.63) is 59.2 Å². The molecule has 0 aliphatic carbocycles. The molecule has 0 saturated heterocycles. The number of aryl methyl sites for hydroxylation is 2. The molecule has 0 aliphatic heterocycles. The third kappa shape index (κ3) is 4.08. The van der Waals surface area contributed by atoms with Crippen LogP contribution in [0.2, 0.25) is 0 Å². The van der Waals surface area contributed by atoms with Gasteiger partial charge in [-0.1, -0.05) is 18.2 Å². The maximum atomic E-state index is 12.3. The van der Waals surface area contributed by atoms with Crippen molar-refractivity contribution in [3.63, 3.8) is 0 Å². The summed E-state index contributed by atoms with van der Waals surface area (Å²) in [5, 5.41) is 2.73. The second-order valence-electron chi connectivity index (χ2n) is 5.17. The maximum absolute atomic E-state index is 12.3. The molecule has 0 bridgehead atoms. The Balaban J connectivity index is 2.27. The van der Waals surface area contributed by atoms with Gasteiger partial charge in [-0.05, 0) is 49.2 Å². The van der Waals surface area contributed by atoms with E-state index in [2.05, 4.69) is 10.0 Å². The zero-order chi connectivity index (χ0) is 16.3. The molecule has 0 aliphatic rings. The summed E-state index contributed by atoms with van der Waals surface area (Å²) in [6, 6.07) is 12.1. The first kappa shape index (κ1) is 16.0. The summed E-state index contributed by atoms with van der Waals surface area (Å²) in [6.07, 6.45) is 1.06. The van der Waals surface area contributed by atoms with Crippen LogP contribution in [0.3, 0.4) is 0 Å². The molecule has 0 unspecified atom stereocenters. The zero-order valence-electron chi connectivity index (χ0n) is 12.7. The van der Waals surface area contributed by atoms with Crippen molar-refractivity contribution in [1.29, 1.82) is 0 Å². The molecule has 0 heterocycles. The Morgan fingerprint density at radius 2 is 1.59 bits per heavy atom. The first-order valence-corrected chi connectivity index (χ1v) is 8.61. The second kappa shape index (κ2) is 6.19. The largest absolute Gasteiger partial charge is 0.320 e. The number of para-hydroxylation sites is 2. The molecule has 0 fully saturated rings. The molecule has 0 saturated carbocycles. The van der Waals surface area contributed by atoms with Crippen molar-refractivity contribution in [2.45, 2.75) is 13.8 Å². The number of amides is 1. The van der Waals surface area contributed by atoms with E-state index in [1.807, 2.05) is 19.9 Å². The van der Waals surface area contributed by atoms with Crippen molar-refractivity contribution in [1.82, 2.24) is 0 Å². The number of nitrogens with one attached hydrogen (secondary N) is 2. The highest BCUT2D eigenvalue weighted by atomic mass is 32.2. The van der Waals surface area contributed by atoms with Gasteiger partial charge in [-0.3, -0.25) is 9.52 Å². The number of carbonyl (C=O) groups is 1. The fraction of sp³-hybridized carbons (Fsp3) is 0.188. The minimum Gasteiger partial charge on any atom is -0.320 e. The van der Waals surface area contributed by atoms with Gasteiger partial charge in [0.25, 0.3) is 5.91 Å². The normalized spacial score (nSPS) is 11.0. The Morgan fingerprint density at radius 3 is 2.18 bits per heavy atom. The van der Waals surface area contributed by atoms with Crippen LogP contribution in [0.5, 0.6) is 0 Å². The Bertz CT molecular complexity index is 814. The maximum Gasteiger partial charge on any atom is 0.255 e. The molecule has 1 amide bonds. The van der Waals surface area contributed by atoms with Crippen molar-refractivity contribution in [2.75, 3.05) is 16.3 Å². The molecule has 0 spiro atoms. The number of carbonyl (C=O) groups excluding carboxylic acids is 1. The van der Waals surface area contributed by atoms with Crippen molar-refractivity contribution in [3.8, 4) is 0 Å². The van der Waals surface area contributed by atoms with Crippen LogP contribution in [0.4, 0.5) is 11.4 Å². The molecule has 2 aromatic rings. The van der Waals surface area contributed by atoms with Crippen LogP contribution in [0, 0.1) is 13.8 Å². The van der Waals surface area contributed by atoms with E-state index >= 15 is 0 Å². The Morgan fingerprint density at radius 1 is 0.955 bits per heavy atom. The van der Waals surface area contributed by atoms with Crippen molar-refractivity contribution in [2.24, 2.45) is 0 Å². The number of benzene rings is 2. The van der Waals surface area contributed by atoms with Gasteiger partial charge in [0.2, 0.25) is 10.0 Å². The van der Waals surface area contributed by atoms with E-state index in [9.17, 15) is 13.2 Å². The molecule has 116 valence electrons. The van der Waals surface area contributed by atoms with E-state index in [0.29, 0.717) is 16.9 Å². The molecular weight excluding hydrogens is 300 g/mol. The Kier molecular flexibility index (Phi) is 4.51. The van der Waals surface area contributed by atoms with Gasteiger partial charge in [0.05, 0.1) is 17.6 Å². The van der Waals surface area contributed by atoms with Gasteiger partial charge in [0.15, 0.2) is 0 Å². The SMILES string of the molecule is Cc1ccc(C(=O)Nc2ccccc2NS(C)(=O)=O)cc1C. The van der Waals surface area contributed by atoms with E-state index in [1.165, 1.54) is 0 Å². The average molecular weight is 318 g/mol. The highest BCUT2D eigenvalue weighted by molar-refractivity contribution is 7.92. The Hall–Kier alpha value is -2.34. The quantitative estimate of drug-likeness (QED) is 0.910. The number of hydrogen-bond acceptors (Lipinski definition) is 3. The molecule has 0 radical (unpaired) electrons. The molecule has 2 aromatic carbocycles. The first-order chi connectivity index (χ1) is 10.3. The summed E-state index contributed by atoms with van der Waals surface area (Å²) in [4.78, 5) is 12.3. The average Bonchev–Trinajstić information content (AvgIpc) is 2.42. The van der Waals surface area contributed by atoms with E-state index in [-0.39, 0.29) is 5.91 Å². The third-order valence-corrected chi connectivity index (χ3v) is 3.83. The molecule has 22 heavy (non-hydrogen) atoms. The van der Waals surface area contributed by atoms with E-state index < -0.39 is 10.0 Å². The molecule has 0 atom stereocenters. The van der Waals surface area contributed by atoms with Gasteiger partial charge in [-0.2, -0.15) is 0 Å². The summed E-state index contributed by atoms with van der Waals surface area (Å²) in [5.41, 5.74) is 3.40. The minimum absolute atomic E-state index is 0.286. The van der Waals surface area contributed by atoms with Gasteiger partial charge in [0, 0.05) is 5.56 Å². The number of anilines is 2.